The fourth-order valence-corrected chi connectivity index (χ4v) is 2.95. The Morgan fingerprint density at radius 2 is 2.14 bits per heavy atom. The predicted molar refractivity (Wildman–Crippen MR) is 78.6 cm³/mol. The highest BCUT2D eigenvalue weighted by atomic mass is 35.5. The predicted octanol–water partition coefficient (Wildman–Crippen LogP) is 3.06. The van der Waals surface area contributed by atoms with Gasteiger partial charge in [-0.1, -0.05) is 13.3 Å². The van der Waals surface area contributed by atoms with Crippen molar-refractivity contribution in [2.24, 2.45) is 5.92 Å². The van der Waals surface area contributed by atoms with Gasteiger partial charge in [-0.25, -0.2) is 4.98 Å². The Labute approximate surface area is 128 Å². The molecule has 1 fully saturated rings. The van der Waals surface area contributed by atoms with Crippen molar-refractivity contribution in [2.45, 2.75) is 45.1 Å². The Morgan fingerprint density at radius 3 is 2.90 bits per heavy atom. The lowest BCUT2D eigenvalue weighted by atomic mass is 9.85. The lowest BCUT2D eigenvalue weighted by Gasteiger charge is -2.30. The van der Waals surface area contributed by atoms with Gasteiger partial charge in [-0.05, 0) is 43.2 Å². The normalized spacial score (nSPS) is 22.2. The van der Waals surface area contributed by atoms with Crippen molar-refractivity contribution in [2.75, 3.05) is 0 Å². The second-order valence-corrected chi connectivity index (χ2v) is 5.60. The van der Waals surface area contributed by atoms with Crippen molar-refractivity contribution in [1.82, 2.24) is 24.5 Å². The van der Waals surface area contributed by atoms with Gasteiger partial charge < -0.3 is 4.74 Å². The zero-order valence-corrected chi connectivity index (χ0v) is 12.7. The molecule has 2 unspecified atom stereocenters. The number of halogens is 1. The second kappa shape index (κ2) is 6.39. The second-order valence-electron chi connectivity index (χ2n) is 5.27. The molecular weight excluding hydrogens is 290 g/mol. The van der Waals surface area contributed by atoms with Crippen LogP contribution in [0.5, 0.6) is 6.01 Å². The zero-order valence-electron chi connectivity index (χ0n) is 11.9. The van der Waals surface area contributed by atoms with Crippen LogP contribution in [0.4, 0.5) is 0 Å². The summed E-state index contributed by atoms with van der Waals surface area (Å²) in [5, 5.41) is 0.132. The van der Waals surface area contributed by atoms with Gasteiger partial charge in [-0.15, -0.1) is 0 Å². The molecule has 2 atom stereocenters. The van der Waals surface area contributed by atoms with E-state index in [9.17, 15) is 0 Å². The molecule has 0 aromatic carbocycles. The summed E-state index contributed by atoms with van der Waals surface area (Å²) in [5.74, 6) is 0.984. The van der Waals surface area contributed by atoms with Crippen LogP contribution in [0.1, 0.15) is 39.0 Å². The van der Waals surface area contributed by atoms with Crippen LogP contribution in [0.25, 0.3) is 5.95 Å². The quantitative estimate of drug-likeness (QED) is 0.868. The van der Waals surface area contributed by atoms with Gasteiger partial charge in [0, 0.05) is 12.4 Å². The average molecular weight is 308 g/mol. The van der Waals surface area contributed by atoms with Gasteiger partial charge in [0.15, 0.2) is 0 Å². The monoisotopic (exact) mass is 307 g/mol. The van der Waals surface area contributed by atoms with Crippen LogP contribution in [0.15, 0.2) is 18.7 Å². The van der Waals surface area contributed by atoms with Crippen LogP contribution in [0.2, 0.25) is 5.28 Å². The summed E-state index contributed by atoms with van der Waals surface area (Å²) in [6, 6.07) is 0.295. The molecule has 0 aliphatic heterocycles. The molecule has 0 N–H and O–H groups in total. The van der Waals surface area contributed by atoms with E-state index >= 15 is 0 Å². The summed E-state index contributed by atoms with van der Waals surface area (Å²) in [4.78, 5) is 16.5. The molecule has 1 aliphatic carbocycles. The molecule has 7 heteroatoms. The van der Waals surface area contributed by atoms with Gasteiger partial charge in [-0.3, -0.25) is 4.57 Å². The number of hydrogen-bond acceptors (Lipinski definition) is 5. The van der Waals surface area contributed by atoms with Crippen LogP contribution < -0.4 is 4.74 Å². The molecule has 1 saturated carbocycles. The summed E-state index contributed by atoms with van der Waals surface area (Å²) >= 11 is 5.98. The molecule has 0 bridgehead atoms. The summed E-state index contributed by atoms with van der Waals surface area (Å²) < 4.78 is 7.68. The first-order chi connectivity index (χ1) is 10.3. The van der Waals surface area contributed by atoms with Gasteiger partial charge >= 0.3 is 6.01 Å². The van der Waals surface area contributed by atoms with Crippen molar-refractivity contribution in [3.05, 3.63) is 24.0 Å². The van der Waals surface area contributed by atoms with Gasteiger partial charge in [0.1, 0.15) is 12.4 Å². The molecule has 2 aromatic rings. The van der Waals surface area contributed by atoms with Crippen LogP contribution in [0.3, 0.4) is 0 Å². The lowest BCUT2D eigenvalue weighted by molar-refractivity contribution is 0.0806. The first-order valence-corrected chi connectivity index (χ1v) is 7.70. The van der Waals surface area contributed by atoms with Crippen molar-refractivity contribution in [3.63, 3.8) is 0 Å². The van der Waals surface area contributed by atoms with Crippen molar-refractivity contribution in [1.29, 1.82) is 0 Å². The van der Waals surface area contributed by atoms with E-state index in [-0.39, 0.29) is 11.4 Å². The SMILES string of the molecule is CCC1CCCCC1Oc1nc(Cl)nc(-n2ccnc2)n1. The maximum Gasteiger partial charge on any atom is 0.322 e. The third-order valence-electron chi connectivity index (χ3n) is 3.93. The Balaban J connectivity index is 1.82. The van der Waals surface area contributed by atoms with E-state index in [1.165, 1.54) is 19.3 Å². The fourth-order valence-electron chi connectivity index (χ4n) is 2.80. The van der Waals surface area contributed by atoms with Crippen molar-refractivity contribution >= 4 is 11.6 Å². The van der Waals surface area contributed by atoms with E-state index in [0.29, 0.717) is 17.9 Å². The molecule has 0 spiro atoms. The summed E-state index contributed by atoms with van der Waals surface area (Å²) in [6.45, 7) is 2.20. The first-order valence-electron chi connectivity index (χ1n) is 7.33. The Bertz CT molecular complexity index is 589. The van der Waals surface area contributed by atoms with Crippen LogP contribution in [-0.4, -0.2) is 30.6 Å². The molecule has 2 aromatic heterocycles. The Morgan fingerprint density at radius 1 is 1.29 bits per heavy atom. The number of rotatable bonds is 4. The van der Waals surface area contributed by atoms with Crippen LogP contribution in [0, 0.1) is 5.92 Å². The largest absolute Gasteiger partial charge is 0.460 e. The van der Waals surface area contributed by atoms with Crippen molar-refractivity contribution in [3.8, 4) is 12.0 Å². The molecule has 1 aliphatic rings. The maximum absolute atomic E-state index is 6.00. The first kappa shape index (κ1) is 14.3. The highest BCUT2D eigenvalue weighted by Crippen LogP contribution is 2.29. The minimum Gasteiger partial charge on any atom is -0.460 e. The molecule has 21 heavy (non-hydrogen) atoms. The van der Waals surface area contributed by atoms with E-state index in [0.717, 1.165) is 12.8 Å². The summed E-state index contributed by atoms with van der Waals surface area (Å²) in [7, 11) is 0. The third-order valence-corrected chi connectivity index (χ3v) is 4.10. The fraction of sp³-hybridized carbons (Fsp3) is 0.571. The standard InChI is InChI=1S/C14H18ClN5O/c1-2-10-5-3-4-6-11(10)21-14-18-12(15)17-13(19-14)20-8-7-16-9-20/h7-11H,2-6H2,1H3. The topological polar surface area (TPSA) is 65.7 Å². The molecule has 2 heterocycles. The molecule has 112 valence electrons. The smallest absolute Gasteiger partial charge is 0.322 e. The van der Waals surface area contributed by atoms with Crippen LogP contribution >= 0.6 is 11.6 Å². The highest BCUT2D eigenvalue weighted by molar-refractivity contribution is 6.28. The minimum atomic E-state index is 0.132. The Hall–Kier alpha value is -1.69. The van der Waals surface area contributed by atoms with E-state index in [1.54, 1.807) is 23.3 Å². The van der Waals surface area contributed by atoms with Crippen molar-refractivity contribution < 1.29 is 4.74 Å². The van der Waals surface area contributed by atoms with Gasteiger partial charge in [-0.2, -0.15) is 15.0 Å². The molecule has 3 rings (SSSR count). The molecule has 0 saturated heterocycles. The van der Waals surface area contributed by atoms with E-state index < -0.39 is 0 Å². The van der Waals surface area contributed by atoms with Gasteiger partial charge in [0.25, 0.3) is 0 Å². The number of imidazole rings is 1. The molecule has 0 amide bonds. The average Bonchev–Trinajstić information content (AvgIpc) is 3.01. The number of nitrogens with zero attached hydrogens (tertiary/aromatic N) is 5. The van der Waals surface area contributed by atoms with E-state index in [1.807, 2.05) is 0 Å². The maximum atomic E-state index is 6.00. The molecule has 6 nitrogen and oxygen atoms in total. The molecule has 0 radical (unpaired) electrons. The number of ether oxygens (including phenoxy) is 1. The summed E-state index contributed by atoms with van der Waals surface area (Å²) in [5.41, 5.74) is 0. The van der Waals surface area contributed by atoms with E-state index in [4.69, 9.17) is 16.3 Å². The number of aromatic nitrogens is 5. The van der Waals surface area contributed by atoms with Crippen LogP contribution in [-0.2, 0) is 0 Å². The van der Waals surface area contributed by atoms with E-state index in [2.05, 4.69) is 26.9 Å². The lowest BCUT2D eigenvalue weighted by Crippen LogP contribution is -2.30. The highest BCUT2D eigenvalue weighted by Gasteiger charge is 2.26. The number of hydrogen-bond donors (Lipinski definition) is 0. The Kier molecular flexibility index (Phi) is 4.34. The van der Waals surface area contributed by atoms with Gasteiger partial charge in [0.05, 0.1) is 0 Å². The van der Waals surface area contributed by atoms with Gasteiger partial charge in [0.2, 0.25) is 11.2 Å². The zero-order chi connectivity index (χ0) is 14.7. The third kappa shape index (κ3) is 3.32. The molecular formula is C14H18ClN5O. The minimum absolute atomic E-state index is 0.132. The summed E-state index contributed by atoms with van der Waals surface area (Å²) in [6.07, 6.45) is 11.0.